The van der Waals surface area contributed by atoms with Gasteiger partial charge in [0.2, 0.25) is 5.91 Å². The first-order valence-electron chi connectivity index (χ1n) is 9.29. The van der Waals surface area contributed by atoms with Crippen molar-refractivity contribution >= 4 is 40.9 Å². The Morgan fingerprint density at radius 2 is 1.74 bits per heavy atom. The number of thiocarbonyl (C=S) groups is 1. The smallest absolute Gasteiger partial charge is 0.276 e. The molecule has 0 spiro atoms. The summed E-state index contributed by atoms with van der Waals surface area (Å²) in [6, 6.07) is 13.1. The number of non-ortho nitro benzene ring substituents is 1. The van der Waals surface area contributed by atoms with Crippen LogP contribution in [-0.2, 0) is 9.59 Å². The van der Waals surface area contributed by atoms with Crippen molar-refractivity contribution in [3.63, 3.8) is 0 Å². The van der Waals surface area contributed by atoms with Crippen LogP contribution >= 0.6 is 12.2 Å². The van der Waals surface area contributed by atoms with Crippen molar-refractivity contribution in [2.24, 2.45) is 0 Å². The Balaban J connectivity index is 1.70. The number of nitrogens with zero attached hydrogens (tertiary/aromatic N) is 1. The maximum Gasteiger partial charge on any atom is 0.276 e. The molecule has 3 N–H and O–H groups in total. The van der Waals surface area contributed by atoms with Crippen molar-refractivity contribution in [2.45, 2.75) is 19.8 Å². The number of hydrogen-bond donors (Lipinski definition) is 3. The lowest BCUT2D eigenvalue weighted by molar-refractivity contribution is -0.384. The van der Waals surface area contributed by atoms with Crippen molar-refractivity contribution in [2.75, 3.05) is 6.61 Å². The van der Waals surface area contributed by atoms with E-state index in [9.17, 15) is 19.7 Å². The Morgan fingerprint density at radius 1 is 1.10 bits per heavy atom. The molecule has 31 heavy (non-hydrogen) atoms. The summed E-state index contributed by atoms with van der Waals surface area (Å²) < 4.78 is 5.39. The Bertz CT molecular complexity index is 972. The van der Waals surface area contributed by atoms with Crippen LogP contribution in [0.5, 0.6) is 5.75 Å². The summed E-state index contributed by atoms with van der Waals surface area (Å²) in [6.07, 6.45) is 2.68. The molecule has 2 amide bonds. The number of carbonyl (C=O) groups excluding carboxylic acids is 2. The van der Waals surface area contributed by atoms with E-state index >= 15 is 0 Å². The normalized spacial score (nSPS) is 10.5. The Labute approximate surface area is 184 Å². The lowest BCUT2D eigenvalue weighted by Crippen LogP contribution is -2.49. The van der Waals surface area contributed by atoms with Gasteiger partial charge in [-0.2, -0.15) is 0 Å². The van der Waals surface area contributed by atoms with E-state index in [2.05, 4.69) is 30.0 Å². The van der Waals surface area contributed by atoms with Gasteiger partial charge in [0.05, 0.1) is 4.92 Å². The van der Waals surface area contributed by atoms with E-state index in [-0.39, 0.29) is 17.4 Å². The second-order valence-corrected chi connectivity index (χ2v) is 7.09. The SMILES string of the molecule is CC(C)c1ccc(OCC(=O)NNC(=S)NC(=O)/C=C/c2ccc([N+](=O)[O-])cc2)cc1. The molecule has 2 aromatic carbocycles. The number of benzene rings is 2. The molecule has 0 saturated carbocycles. The number of carbonyl (C=O) groups is 2. The summed E-state index contributed by atoms with van der Waals surface area (Å²) >= 11 is 4.93. The summed E-state index contributed by atoms with van der Waals surface area (Å²) in [7, 11) is 0. The topological polar surface area (TPSA) is 123 Å². The highest BCUT2D eigenvalue weighted by molar-refractivity contribution is 7.80. The molecular formula is C21H22N4O5S. The molecule has 0 saturated heterocycles. The van der Waals surface area contributed by atoms with Gasteiger partial charge in [-0.15, -0.1) is 0 Å². The van der Waals surface area contributed by atoms with Crippen molar-refractivity contribution in [3.8, 4) is 5.75 Å². The average molecular weight is 442 g/mol. The summed E-state index contributed by atoms with van der Waals surface area (Å²) in [5.74, 6) is -0.0499. The number of rotatable bonds is 7. The molecule has 0 radical (unpaired) electrons. The van der Waals surface area contributed by atoms with Crippen LogP contribution < -0.4 is 20.9 Å². The van der Waals surface area contributed by atoms with E-state index in [4.69, 9.17) is 17.0 Å². The maximum absolute atomic E-state index is 11.9. The largest absolute Gasteiger partial charge is 0.484 e. The van der Waals surface area contributed by atoms with Gasteiger partial charge >= 0.3 is 0 Å². The summed E-state index contributed by atoms with van der Waals surface area (Å²) in [4.78, 5) is 33.8. The number of amides is 2. The zero-order valence-corrected chi connectivity index (χ0v) is 17.8. The van der Waals surface area contributed by atoms with Gasteiger partial charge in [-0.05, 0) is 59.6 Å². The highest BCUT2D eigenvalue weighted by Crippen LogP contribution is 2.18. The van der Waals surface area contributed by atoms with Gasteiger partial charge in [-0.25, -0.2) is 0 Å². The lowest BCUT2D eigenvalue weighted by atomic mass is 10.0. The molecular weight excluding hydrogens is 420 g/mol. The van der Waals surface area contributed by atoms with Crippen LogP contribution in [0, 0.1) is 10.1 Å². The fourth-order valence-corrected chi connectivity index (χ4v) is 2.48. The quantitative estimate of drug-likeness (QED) is 0.261. The Kier molecular flexibility index (Phi) is 8.64. The number of nitro groups is 1. The molecule has 0 aliphatic rings. The minimum absolute atomic E-state index is 0.0423. The van der Waals surface area contributed by atoms with Crippen LogP contribution in [0.1, 0.15) is 30.9 Å². The molecule has 2 rings (SSSR count). The van der Waals surface area contributed by atoms with E-state index < -0.39 is 16.7 Å². The molecule has 10 heteroatoms. The van der Waals surface area contributed by atoms with Crippen molar-refractivity contribution < 1.29 is 19.2 Å². The van der Waals surface area contributed by atoms with Gasteiger partial charge < -0.3 is 4.74 Å². The molecule has 0 heterocycles. The van der Waals surface area contributed by atoms with E-state index in [0.717, 1.165) is 0 Å². The van der Waals surface area contributed by atoms with E-state index in [1.54, 1.807) is 12.1 Å². The minimum Gasteiger partial charge on any atom is -0.484 e. The number of hydrogen-bond acceptors (Lipinski definition) is 6. The Morgan fingerprint density at radius 3 is 2.32 bits per heavy atom. The molecule has 0 fully saturated rings. The third-order valence-corrected chi connectivity index (χ3v) is 4.20. The summed E-state index contributed by atoms with van der Waals surface area (Å²) in [5.41, 5.74) is 6.45. The number of nitro benzene ring substituents is 1. The zero-order valence-electron chi connectivity index (χ0n) is 17.0. The third-order valence-electron chi connectivity index (χ3n) is 4.00. The molecule has 0 bridgehead atoms. The predicted molar refractivity (Wildman–Crippen MR) is 120 cm³/mol. The highest BCUT2D eigenvalue weighted by atomic mass is 32.1. The molecule has 9 nitrogen and oxygen atoms in total. The second kappa shape index (κ2) is 11.4. The third kappa shape index (κ3) is 8.23. The lowest BCUT2D eigenvalue weighted by Gasteiger charge is -2.11. The van der Waals surface area contributed by atoms with E-state index in [1.165, 1.54) is 42.0 Å². The molecule has 162 valence electrons. The average Bonchev–Trinajstić information content (AvgIpc) is 2.75. The molecule has 0 aromatic heterocycles. The van der Waals surface area contributed by atoms with Gasteiger partial charge in [-0.3, -0.25) is 35.9 Å². The van der Waals surface area contributed by atoms with Crippen LogP contribution in [0.4, 0.5) is 5.69 Å². The molecule has 0 unspecified atom stereocenters. The number of ether oxygens (including phenoxy) is 1. The van der Waals surface area contributed by atoms with E-state index in [1.807, 2.05) is 12.1 Å². The fraction of sp³-hybridized carbons (Fsp3) is 0.190. The predicted octanol–water partition coefficient (Wildman–Crippen LogP) is 2.83. The minimum atomic E-state index is -0.536. The standard InChI is InChI=1S/C21H22N4O5S/c1-14(2)16-6-10-18(11-7-16)30-13-20(27)23-24-21(31)22-19(26)12-5-15-3-8-17(9-4-15)25(28)29/h3-12,14H,13H2,1-2H3,(H,23,27)(H2,22,24,26,31)/b12-5+. The molecule has 0 aliphatic heterocycles. The Hall–Kier alpha value is -3.79. The number of hydrazine groups is 1. The zero-order chi connectivity index (χ0) is 22.8. The monoisotopic (exact) mass is 442 g/mol. The van der Waals surface area contributed by atoms with Crippen LogP contribution in [0.2, 0.25) is 0 Å². The highest BCUT2D eigenvalue weighted by Gasteiger charge is 2.06. The van der Waals surface area contributed by atoms with Crippen LogP contribution in [0.15, 0.2) is 54.6 Å². The summed E-state index contributed by atoms with van der Waals surface area (Å²) in [6.45, 7) is 3.94. The second-order valence-electron chi connectivity index (χ2n) is 6.69. The van der Waals surface area contributed by atoms with Gasteiger partial charge in [0.25, 0.3) is 11.6 Å². The first kappa shape index (κ1) is 23.5. The first-order valence-corrected chi connectivity index (χ1v) is 9.70. The summed E-state index contributed by atoms with van der Waals surface area (Å²) in [5, 5.41) is 12.9. The van der Waals surface area contributed by atoms with Crippen molar-refractivity contribution in [1.29, 1.82) is 0 Å². The van der Waals surface area contributed by atoms with Gasteiger partial charge in [0.1, 0.15) is 5.75 Å². The number of nitrogens with one attached hydrogen (secondary N) is 3. The van der Waals surface area contributed by atoms with Crippen molar-refractivity contribution in [1.82, 2.24) is 16.2 Å². The first-order chi connectivity index (χ1) is 14.7. The van der Waals surface area contributed by atoms with Crippen LogP contribution in [0.25, 0.3) is 6.08 Å². The fourth-order valence-electron chi connectivity index (χ4n) is 2.32. The molecule has 0 aliphatic carbocycles. The molecule has 0 atom stereocenters. The van der Waals surface area contributed by atoms with Gasteiger partial charge in [0.15, 0.2) is 11.7 Å². The van der Waals surface area contributed by atoms with Gasteiger partial charge in [-0.1, -0.05) is 26.0 Å². The molecule has 2 aromatic rings. The van der Waals surface area contributed by atoms with Crippen LogP contribution in [-0.4, -0.2) is 28.5 Å². The maximum atomic E-state index is 11.9. The van der Waals surface area contributed by atoms with Crippen molar-refractivity contribution in [3.05, 3.63) is 75.8 Å². The van der Waals surface area contributed by atoms with Gasteiger partial charge in [0, 0.05) is 18.2 Å². The van der Waals surface area contributed by atoms with E-state index in [0.29, 0.717) is 17.2 Å². The van der Waals surface area contributed by atoms with Crippen LogP contribution in [0.3, 0.4) is 0 Å².